The van der Waals surface area contributed by atoms with Crippen molar-refractivity contribution in [1.29, 1.82) is 0 Å². The molecule has 2 saturated carbocycles. The molecule has 1 amide bonds. The lowest BCUT2D eigenvalue weighted by molar-refractivity contribution is -0.117. The van der Waals surface area contributed by atoms with Gasteiger partial charge in [0, 0.05) is 12.1 Å². The molecule has 3 atom stereocenters. The van der Waals surface area contributed by atoms with Crippen LogP contribution in [-0.2, 0) is 4.79 Å². The predicted octanol–water partition coefficient (Wildman–Crippen LogP) is 4.07. The van der Waals surface area contributed by atoms with Gasteiger partial charge in [-0.2, -0.15) is 0 Å². The number of fused-ring (bicyclic) bond motifs is 2. The van der Waals surface area contributed by atoms with Crippen molar-refractivity contribution in [2.24, 2.45) is 17.8 Å². The van der Waals surface area contributed by atoms with E-state index in [1.54, 1.807) is 0 Å². The van der Waals surface area contributed by atoms with Crippen molar-refractivity contribution < 1.29 is 4.79 Å². The fraction of sp³-hybridized carbons (Fsp3) is 0.588. The molecule has 1 aromatic rings. The van der Waals surface area contributed by atoms with Gasteiger partial charge in [-0.1, -0.05) is 12.5 Å². The van der Waals surface area contributed by atoms with E-state index < -0.39 is 0 Å². The Morgan fingerprint density at radius 1 is 1.21 bits per heavy atom. The normalized spacial score (nSPS) is 28.6. The third-order valence-corrected chi connectivity index (χ3v) is 5.12. The lowest BCUT2D eigenvalue weighted by atomic mass is 9.86. The lowest BCUT2D eigenvalue weighted by Gasteiger charge is -2.21. The van der Waals surface area contributed by atoms with Crippen LogP contribution in [0.1, 0.15) is 43.2 Å². The molecular weight excluding hydrogens is 234 g/mol. The number of hydrogen-bond acceptors (Lipinski definition) is 1. The number of nitrogens with one attached hydrogen (secondary N) is 1. The predicted molar refractivity (Wildman–Crippen MR) is 78.1 cm³/mol. The zero-order valence-corrected chi connectivity index (χ0v) is 11.9. The van der Waals surface area contributed by atoms with E-state index in [0.717, 1.165) is 17.5 Å². The van der Waals surface area contributed by atoms with Gasteiger partial charge in [0.05, 0.1) is 0 Å². The molecule has 3 rings (SSSR count). The summed E-state index contributed by atoms with van der Waals surface area (Å²) >= 11 is 0. The van der Waals surface area contributed by atoms with Crippen molar-refractivity contribution in [1.82, 2.24) is 0 Å². The number of amides is 1. The van der Waals surface area contributed by atoms with Gasteiger partial charge in [-0.25, -0.2) is 0 Å². The third-order valence-electron chi connectivity index (χ3n) is 5.12. The van der Waals surface area contributed by atoms with Crippen LogP contribution in [0, 0.1) is 31.6 Å². The van der Waals surface area contributed by atoms with Crippen molar-refractivity contribution in [3.63, 3.8) is 0 Å². The van der Waals surface area contributed by atoms with Gasteiger partial charge < -0.3 is 5.32 Å². The van der Waals surface area contributed by atoms with Gasteiger partial charge in [0.2, 0.25) is 5.91 Å². The number of carbonyl (C=O) groups excluding carboxylic acids is 1. The van der Waals surface area contributed by atoms with Gasteiger partial charge in [-0.05, 0) is 74.1 Å². The SMILES string of the molecule is Cc1ccc(NC(=O)C[C@H]2C[C@H]3CC[C@H]2C3)cc1C. The summed E-state index contributed by atoms with van der Waals surface area (Å²) in [5.41, 5.74) is 3.44. The summed E-state index contributed by atoms with van der Waals surface area (Å²) in [6, 6.07) is 6.14. The molecular formula is C17H23NO. The maximum Gasteiger partial charge on any atom is 0.224 e. The Labute approximate surface area is 115 Å². The van der Waals surface area contributed by atoms with E-state index in [0.29, 0.717) is 12.3 Å². The van der Waals surface area contributed by atoms with E-state index in [-0.39, 0.29) is 5.91 Å². The number of rotatable bonds is 3. The van der Waals surface area contributed by atoms with Crippen LogP contribution in [-0.4, -0.2) is 5.91 Å². The van der Waals surface area contributed by atoms with Crippen molar-refractivity contribution in [2.75, 3.05) is 5.32 Å². The first-order chi connectivity index (χ1) is 9.11. The van der Waals surface area contributed by atoms with Crippen molar-refractivity contribution in [2.45, 2.75) is 46.0 Å². The molecule has 2 nitrogen and oxygen atoms in total. The van der Waals surface area contributed by atoms with Crippen LogP contribution < -0.4 is 5.32 Å². The molecule has 1 N–H and O–H groups in total. The van der Waals surface area contributed by atoms with Gasteiger partial charge in [0.25, 0.3) is 0 Å². The molecule has 2 aliphatic rings. The van der Waals surface area contributed by atoms with Gasteiger partial charge in [0.1, 0.15) is 0 Å². The van der Waals surface area contributed by atoms with Crippen molar-refractivity contribution in [3.05, 3.63) is 29.3 Å². The summed E-state index contributed by atoms with van der Waals surface area (Å²) in [6.07, 6.45) is 6.13. The molecule has 19 heavy (non-hydrogen) atoms. The Balaban J connectivity index is 1.57. The van der Waals surface area contributed by atoms with E-state index in [9.17, 15) is 4.79 Å². The van der Waals surface area contributed by atoms with Crippen LogP contribution in [0.2, 0.25) is 0 Å². The second-order valence-electron chi connectivity index (χ2n) is 6.49. The Hall–Kier alpha value is -1.31. The fourth-order valence-corrected chi connectivity index (χ4v) is 3.90. The average Bonchev–Trinajstić information content (AvgIpc) is 2.96. The van der Waals surface area contributed by atoms with E-state index in [1.807, 2.05) is 6.07 Å². The minimum absolute atomic E-state index is 0.195. The minimum Gasteiger partial charge on any atom is -0.326 e. The van der Waals surface area contributed by atoms with Crippen molar-refractivity contribution >= 4 is 11.6 Å². The molecule has 2 fully saturated rings. The second-order valence-corrected chi connectivity index (χ2v) is 6.49. The number of hydrogen-bond donors (Lipinski definition) is 1. The van der Waals surface area contributed by atoms with Crippen LogP contribution in [0.5, 0.6) is 0 Å². The molecule has 0 aromatic heterocycles. The number of carbonyl (C=O) groups is 1. The number of aryl methyl sites for hydroxylation is 2. The quantitative estimate of drug-likeness (QED) is 0.869. The van der Waals surface area contributed by atoms with E-state index >= 15 is 0 Å². The maximum absolute atomic E-state index is 12.1. The first-order valence-corrected chi connectivity index (χ1v) is 7.49. The molecule has 102 valence electrons. The fourth-order valence-electron chi connectivity index (χ4n) is 3.90. The van der Waals surface area contributed by atoms with Crippen molar-refractivity contribution in [3.8, 4) is 0 Å². The van der Waals surface area contributed by atoms with Gasteiger partial charge in [0.15, 0.2) is 0 Å². The third kappa shape index (κ3) is 2.68. The molecule has 0 unspecified atom stereocenters. The summed E-state index contributed by atoms with van der Waals surface area (Å²) in [6.45, 7) is 4.18. The second kappa shape index (κ2) is 4.99. The molecule has 0 radical (unpaired) electrons. The van der Waals surface area contributed by atoms with Crippen LogP contribution in [0.4, 0.5) is 5.69 Å². The molecule has 0 aliphatic heterocycles. The summed E-state index contributed by atoms with van der Waals surface area (Å²) in [5, 5.41) is 3.06. The highest BCUT2D eigenvalue weighted by molar-refractivity contribution is 5.91. The Morgan fingerprint density at radius 3 is 2.68 bits per heavy atom. The highest BCUT2D eigenvalue weighted by Gasteiger charge is 2.40. The van der Waals surface area contributed by atoms with Crippen LogP contribution in [0.25, 0.3) is 0 Å². The topological polar surface area (TPSA) is 29.1 Å². The standard InChI is InChI=1S/C17H23NO/c1-11-3-6-16(7-12(11)2)18-17(19)10-15-9-13-4-5-14(15)8-13/h3,6-7,13-15H,4-5,8-10H2,1-2H3,(H,18,19)/t13-,14-,15+/m0/s1. The Morgan fingerprint density at radius 2 is 2.05 bits per heavy atom. The van der Waals surface area contributed by atoms with Gasteiger partial charge in [-0.3, -0.25) is 4.79 Å². The highest BCUT2D eigenvalue weighted by Crippen LogP contribution is 2.49. The minimum atomic E-state index is 0.195. The van der Waals surface area contributed by atoms with E-state index in [4.69, 9.17) is 0 Å². The van der Waals surface area contributed by atoms with E-state index in [2.05, 4.69) is 31.3 Å². The largest absolute Gasteiger partial charge is 0.326 e. The van der Waals surface area contributed by atoms with Gasteiger partial charge in [-0.15, -0.1) is 0 Å². The Bertz CT molecular complexity index is 494. The number of benzene rings is 1. The van der Waals surface area contributed by atoms with Crippen LogP contribution in [0.3, 0.4) is 0 Å². The zero-order chi connectivity index (χ0) is 13.4. The van der Waals surface area contributed by atoms with Gasteiger partial charge >= 0.3 is 0 Å². The average molecular weight is 257 g/mol. The van der Waals surface area contributed by atoms with Crippen LogP contribution >= 0.6 is 0 Å². The molecule has 0 spiro atoms. The highest BCUT2D eigenvalue weighted by atomic mass is 16.1. The number of anilines is 1. The summed E-state index contributed by atoms with van der Waals surface area (Å²) in [4.78, 5) is 12.1. The molecule has 2 bridgehead atoms. The smallest absolute Gasteiger partial charge is 0.224 e. The molecule has 0 saturated heterocycles. The lowest BCUT2D eigenvalue weighted by Crippen LogP contribution is -2.20. The molecule has 1 aromatic carbocycles. The monoisotopic (exact) mass is 257 g/mol. The Kier molecular flexibility index (Phi) is 3.34. The summed E-state index contributed by atoms with van der Waals surface area (Å²) in [7, 11) is 0. The zero-order valence-electron chi connectivity index (χ0n) is 11.9. The van der Waals surface area contributed by atoms with E-state index in [1.165, 1.54) is 36.8 Å². The first-order valence-electron chi connectivity index (χ1n) is 7.49. The first kappa shape index (κ1) is 12.7. The molecule has 2 heteroatoms. The van der Waals surface area contributed by atoms with Crippen LogP contribution in [0.15, 0.2) is 18.2 Å². The molecule has 0 heterocycles. The molecule has 2 aliphatic carbocycles. The summed E-state index contributed by atoms with van der Waals surface area (Å²) in [5.74, 6) is 2.59. The maximum atomic E-state index is 12.1. The summed E-state index contributed by atoms with van der Waals surface area (Å²) < 4.78 is 0.